The van der Waals surface area contributed by atoms with Gasteiger partial charge < -0.3 is 14.8 Å². The van der Waals surface area contributed by atoms with Crippen LogP contribution in [0.25, 0.3) is 0 Å². The smallest absolute Gasteiger partial charge is 0.348 e. The molecule has 0 radical (unpaired) electrons. The number of carbonyl (C=O) groups excluding carboxylic acids is 2. The lowest BCUT2D eigenvalue weighted by molar-refractivity contribution is -0.121. The van der Waals surface area contributed by atoms with E-state index in [1.54, 1.807) is 13.8 Å². The highest BCUT2D eigenvalue weighted by atomic mass is 32.1. The zero-order chi connectivity index (χ0) is 18.6. The van der Waals surface area contributed by atoms with Crippen molar-refractivity contribution < 1.29 is 19.1 Å². The van der Waals surface area contributed by atoms with Crippen molar-refractivity contribution in [2.45, 2.75) is 39.9 Å². The highest BCUT2D eigenvalue weighted by Crippen LogP contribution is 2.33. The summed E-state index contributed by atoms with van der Waals surface area (Å²) in [6.45, 7) is 9.19. The Labute approximate surface area is 151 Å². The Morgan fingerprint density at radius 1 is 1.40 bits per heavy atom. The Hall–Kier alpha value is -1.95. The highest BCUT2D eigenvalue weighted by Gasteiger charge is 2.26. The maximum Gasteiger partial charge on any atom is 0.348 e. The van der Waals surface area contributed by atoms with Gasteiger partial charge in [0.1, 0.15) is 15.9 Å². The molecule has 1 aromatic heterocycles. The molecule has 2 unspecified atom stereocenters. The SMILES string of the molecule is CCOC(=O)c1sc(NC(=O)CN2CC(C)OC(C)C2)c(C#N)c1C. The predicted octanol–water partition coefficient (Wildman–Crippen LogP) is 2.15. The van der Waals surface area contributed by atoms with Gasteiger partial charge in [-0.15, -0.1) is 11.3 Å². The number of hydrogen-bond donors (Lipinski definition) is 1. The van der Waals surface area contributed by atoms with Gasteiger partial charge in [-0.1, -0.05) is 0 Å². The molecule has 1 N–H and O–H groups in total. The van der Waals surface area contributed by atoms with E-state index in [0.717, 1.165) is 11.3 Å². The molecule has 0 spiro atoms. The van der Waals surface area contributed by atoms with Crippen LogP contribution in [0.1, 0.15) is 41.6 Å². The average molecular weight is 365 g/mol. The highest BCUT2D eigenvalue weighted by molar-refractivity contribution is 7.18. The third-order valence-corrected chi connectivity index (χ3v) is 5.02. The summed E-state index contributed by atoms with van der Waals surface area (Å²) in [6, 6.07) is 2.06. The summed E-state index contributed by atoms with van der Waals surface area (Å²) < 4.78 is 10.7. The second-order valence-electron chi connectivity index (χ2n) is 6.09. The molecule has 2 heterocycles. The van der Waals surface area contributed by atoms with Crippen molar-refractivity contribution in [2.24, 2.45) is 0 Å². The molecule has 0 aliphatic carbocycles. The quantitative estimate of drug-likeness (QED) is 0.804. The summed E-state index contributed by atoms with van der Waals surface area (Å²) in [7, 11) is 0. The summed E-state index contributed by atoms with van der Waals surface area (Å²) in [4.78, 5) is 26.7. The molecule has 1 aromatic rings. The molecule has 1 amide bonds. The Balaban J connectivity index is 2.09. The number of nitrogens with one attached hydrogen (secondary N) is 1. The number of carbonyl (C=O) groups is 2. The van der Waals surface area contributed by atoms with Crippen LogP contribution in [0, 0.1) is 18.3 Å². The fourth-order valence-electron chi connectivity index (χ4n) is 2.91. The van der Waals surface area contributed by atoms with Gasteiger partial charge in [0, 0.05) is 13.1 Å². The van der Waals surface area contributed by atoms with Crippen LogP contribution in [-0.4, -0.2) is 55.2 Å². The van der Waals surface area contributed by atoms with Gasteiger partial charge in [0.25, 0.3) is 0 Å². The first kappa shape index (κ1) is 19.4. The predicted molar refractivity (Wildman–Crippen MR) is 94.8 cm³/mol. The molecular weight excluding hydrogens is 342 g/mol. The average Bonchev–Trinajstić information content (AvgIpc) is 2.82. The van der Waals surface area contributed by atoms with E-state index in [9.17, 15) is 14.9 Å². The van der Waals surface area contributed by atoms with Gasteiger partial charge in [-0.05, 0) is 33.3 Å². The van der Waals surface area contributed by atoms with Gasteiger partial charge >= 0.3 is 5.97 Å². The van der Waals surface area contributed by atoms with Gasteiger partial charge in [0.05, 0.1) is 30.9 Å². The number of amides is 1. The Kier molecular flexibility index (Phi) is 6.53. The normalized spacial score (nSPS) is 20.8. The molecule has 136 valence electrons. The van der Waals surface area contributed by atoms with Crippen LogP contribution in [-0.2, 0) is 14.3 Å². The first-order valence-corrected chi connectivity index (χ1v) is 9.05. The maximum atomic E-state index is 12.4. The Bertz CT molecular complexity index is 685. The minimum atomic E-state index is -0.474. The van der Waals surface area contributed by atoms with Gasteiger partial charge in [-0.3, -0.25) is 9.69 Å². The van der Waals surface area contributed by atoms with E-state index < -0.39 is 5.97 Å². The molecule has 8 heteroatoms. The number of rotatable bonds is 5. The fraction of sp³-hybridized carbons (Fsp3) is 0.588. The maximum absolute atomic E-state index is 12.4. The minimum absolute atomic E-state index is 0.0746. The topological polar surface area (TPSA) is 91.7 Å². The van der Waals surface area contributed by atoms with E-state index in [-0.39, 0.29) is 31.3 Å². The number of thiophene rings is 1. The largest absolute Gasteiger partial charge is 0.462 e. The third-order valence-electron chi connectivity index (χ3n) is 3.83. The first-order chi connectivity index (χ1) is 11.8. The zero-order valence-corrected chi connectivity index (χ0v) is 15.7. The second-order valence-corrected chi connectivity index (χ2v) is 7.11. The summed E-state index contributed by atoms with van der Waals surface area (Å²) in [5.41, 5.74) is 0.847. The summed E-state index contributed by atoms with van der Waals surface area (Å²) in [6.07, 6.45) is 0.149. The van der Waals surface area contributed by atoms with Crippen molar-refractivity contribution in [1.82, 2.24) is 4.90 Å². The van der Waals surface area contributed by atoms with E-state index in [2.05, 4.69) is 11.4 Å². The van der Waals surface area contributed by atoms with E-state index in [0.29, 0.717) is 34.1 Å². The molecule has 0 bridgehead atoms. The van der Waals surface area contributed by atoms with Crippen molar-refractivity contribution in [3.05, 3.63) is 16.0 Å². The molecule has 1 fully saturated rings. The summed E-state index contributed by atoms with van der Waals surface area (Å²) >= 11 is 1.08. The van der Waals surface area contributed by atoms with Crippen LogP contribution < -0.4 is 5.32 Å². The molecule has 7 nitrogen and oxygen atoms in total. The van der Waals surface area contributed by atoms with Crippen LogP contribution in [0.3, 0.4) is 0 Å². The molecule has 0 saturated carbocycles. The molecule has 2 atom stereocenters. The number of ether oxygens (including phenoxy) is 2. The lowest BCUT2D eigenvalue weighted by Crippen LogP contribution is -2.48. The van der Waals surface area contributed by atoms with E-state index in [4.69, 9.17) is 9.47 Å². The standard InChI is InChI=1S/C17H23N3O4S/c1-5-23-17(22)15-12(4)13(6-18)16(25-15)19-14(21)9-20-7-10(2)24-11(3)8-20/h10-11H,5,7-9H2,1-4H3,(H,19,21). The van der Waals surface area contributed by atoms with Gasteiger partial charge in [0.2, 0.25) is 5.91 Å². The summed E-state index contributed by atoms with van der Waals surface area (Å²) in [5.74, 6) is -0.688. The van der Waals surface area contributed by atoms with E-state index >= 15 is 0 Å². The molecule has 1 aliphatic rings. The van der Waals surface area contributed by atoms with E-state index in [1.807, 2.05) is 18.7 Å². The van der Waals surface area contributed by atoms with Crippen LogP contribution in [0.15, 0.2) is 0 Å². The lowest BCUT2D eigenvalue weighted by Gasteiger charge is -2.34. The molecule has 25 heavy (non-hydrogen) atoms. The first-order valence-electron chi connectivity index (χ1n) is 8.23. The van der Waals surface area contributed by atoms with Crippen LogP contribution in [0.5, 0.6) is 0 Å². The van der Waals surface area contributed by atoms with Crippen molar-refractivity contribution >= 4 is 28.2 Å². The lowest BCUT2D eigenvalue weighted by atomic mass is 10.2. The fourth-order valence-corrected chi connectivity index (χ4v) is 3.98. The zero-order valence-electron chi connectivity index (χ0n) is 14.9. The molecular formula is C17H23N3O4S. The van der Waals surface area contributed by atoms with Crippen molar-refractivity contribution in [2.75, 3.05) is 31.6 Å². The monoisotopic (exact) mass is 365 g/mol. The van der Waals surface area contributed by atoms with Crippen LogP contribution in [0.2, 0.25) is 0 Å². The molecule has 1 aliphatic heterocycles. The number of morpholine rings is 1. The Morgan fingerprint density at radius 2 is 2.04 bits per heavy atom. The number of hydrogen-bond acceptors (Lipinski definition) is 7. The van der Waals surface area contributed by atoms with Crippen molar-refractivity contribution in [3.63, 3.8) is 0 Å². The third kappa shape index (κ3) is 4.78. The molecule has 2 rings (SSSR count). The van der Waals surface area contributed by atoms with Crippen LogP contribution >= 0.6 is 11.3 Å². The number of nitriles is 1. The minimum Gasteiger partial charge on any atom is -0.462 e. The van der Waals surface area contributed by atoms with Crippen molar-refractivity contribution in [1.29, 1.82) is 5.26 Å². The molecule has 0 aromatic carbocycles. The van der Waals surface area contributed by atoms with Gasteiger partial charge in [0.15, 0.2) is 0 Å². The summed E-state index contributed by atoms with van der Waals surface area (Å²) in [5, 5.41) is 12.5. The molecule has 1 saturated heterocycles. The Morgan fingerprint density at radius 3 is 2.60 bits per heavy atom. The van der Waals surface area contributed by atoms with E-state index in [1.165, 1.54) is 0 Å². The number of nitrogens with zero attached hydrogens (tertiary/aromatic N) is 2. The van der Waals surface area contributed by atoms with Gasteiger partial charge in [-0.25, -0.2) is 4.79 Å². The van der Waals surface area contributed by atoms with Crippen molar-refractivity contribution in [3.8, 4) is 6.07 Å². The number of esters is 1. The van der Waals surface area contributed by atoms with Gasteiger partial charge in [-0.2, -0.15) is 5.26 Å². The number of anilines is 1. The second kappa shape index (κ2) is 8.43. The van der Waals surface area contributed by atoms with Crippen LogP contribution in [0.4, 0.5) is 5.00 Å².